The third-order valence-corrected chi connectivity index (χ3v) is 5.46. The molecule has 2 aliphatic heterocycles. The molecule has 0 amide bonds. The van der Waals surface area contributed by atoms with Crippen LogP contribution in [-0.2, 0) is 13.0 Å². The van der Waals surface area contributed by atoms with Crippen LogP contribution in [0, 0.1) is 0 Å². The molecule has 22 heavy (non-hydrogen) atoms. The van der Waals surface area contributed by atoms with Gasteiger partial charge in [0.05, 0.1) is 6.10 Å². The van der Waals surface area contributed by atoms with E-state index < -0.39 is 0 Å². The predicted molar refractivity (Wildman–Crippen MR) is 88.6 cm³/mol. The van der Waals surface area contributed by atoms with E-state index in [1.807, 2.05) is 23.6 Å². The standard InChI is InChI=1S/C16H20N4OS/c21-13-2-1-7-19(11-13)15-3-6-17-16(18-15)20-8-4-14-12(10-20)5-9-22-14/h3,5-6,9,13,21H,1-2,4,7-8,10-11H2. The molecule has 1 N–H and O–H groups in total. The van der Waals surface area contributed by atoms with Gasteiger partial charge in [-0.1, -0.05) is 0 Å². The van der Waals surface area contributed by atoms with Gasteiger partial charge in [-0.15, -0.1) is 11.3 Å². The first-order valence-corrected chi connectivity index (χ1v) is 8.74. The first kappa shape index (κ1) is 14.0. The summed E-state index contributed by atoms with van der Waals surface area (Å²) in [4.78, 5) is 15.1. The van der Waals surface area contributed by atoms with Gasteiger partial charge in [-0.3, -0.25) is 0 Å². The Morgan fingerprint density at radius 2 is 2.18 bits per heavy atom. The minimum atomic E-state index is -0.240. The molecule has 0 radical (unpaired) electrons. The Labute approximate surface area is 134 Å². The van der Waals surface area contributed by atoms with Gasteiger partial charge in [0, 0.05) is 37.3 Å². The zero-order valence-electron chi connectivity index (χ0n) is 12.5. The molecule has 4 rings (SSSR count). The number of aromatic nitrogens is 2. The average molecular weight is 316 g/mol. The number of piperidine rings is 1. The Morgan fingerprint density at radius 3 is 3.09 bits per heavy atom. The third kappa shape index (κ3) is 2.68. The van der Waals surface area contributed by atoms with Gasteiger partial charge in [0.15, 0.2) is 0 Å². The summed E-state index contributed by atoms with van der Waals surface area (Å²) in [5.74, 6) is 1.73. The normalized spacial score (nSPS) is 21.8. The van der Waals surface area contributed by atoms with E-state index >= 15 is 0 Å². The maximum atomic E-state index is 9.85. The second-order valence-corrected chi connectivity index (χ2v) is 7.00. The number of rotatable bonds is 2. The Morgan fingerprint density at radius 1 is 1.23 bits per heavy atom. The Kier molecular flexibility index (Phi) is 3.72. The fourth-order valence-electron chi connectivity index (χ4n) is 3.25. The van der Waals surface area contributed by atoms with Crippen molar-refractivity contribution in [2.24, 2.45) is 0 Å². The van der Waals surface area contributed by atoms with Gasteiger partial charge in [0.25, 0.3) is 0 Å². The molecule has 2 aromatic rings. The highest BCUT2D eigenvalue weighted by Crippen LogP contribution is 2.27. The first-order chi connectivity index (χ1) is 10.8. The molecule has 1 saturated heterocycles. The SMILES string of the molecule is OC1CCCN(c2ccnc(N3CCc4sccc4C3)n2)C1. The third-order valence-electron chi connectivity index (χ3n) is 4.44. The highest BCUT2D eigenvalue weighted by atomic mass is 32.1. The van der Waals surface area contributed by atoms with E-state index in [1.54, 1.807) is 0 Å². The minimum absolute atomic E-state index is 0.240. The molecule has 0 aliphatic carbocycles. The van der Waals surface area contributed by atoms with Crippen LogP contribution in [0.2, 0.25) is 0 Å². The minimum Gasteiger partial charge on any atom is -0.391 e. The van der Waals surface area contributed by atoms with Crippen molar-refractivity contribution in [1.82, 2.24) is 9.97 Å². The predicted octanol–water partition coefficient (Wildman–Crippen LogP) is 2.06. The van der Waals surface area contributed by atoms with E-state index in [9.17, 15) is 5.11 Å². The zero-order valence-corrected chi connectivity index (χ0v) is 13.3. The van der Waals surface area contributed by atoms with Crippen LogP contribution in [0.15, 0.2) is 23.7 Å². The molecule has 116 valence electrons. The lowest BCUT2D eigenvalue weighted by Crippen LogP contribution is -2.39. The second-order valence-electron chi connectivity index (χ2n) is 6.00. The smallest absolute Gasteiger partial charge is 0.227 e. The molecule has 2 aliphatic rings. The molecule has 5 nitrogen and oxygen atoms in total. The second kappa shape index (κ2) is 5.85. The number of aliphatic hydroxyl groups excluding tert-OH is 1. The molecular weight excluding hydrogens is 296 g/mol. The van der Waals surface area contributed by atoms with Gasteiger partial charge in [-0.05, 0) is 42.3 Å². The van der Waals surface area contributed by atoms with Crippen LogP contribution >= 0.6 is 11.3 Å². The van der Waals surface area contributed by atoms with Gasteiger partial charge in [-0.2, -0.15) is 4.98 Å². The molecule has 0 spiro atoms. The van der Waals surface area contributed by atoms with Crippen LogP contribution in [0.4, 0.5) is 11.8 Å². The van der Waals surface area contributed by atoms with Crippen LogP contribution in [-0.4, -0.2) is 40.8 Å². The molecule has 0 bridgehead atoms. The van der Waals surface area contributed by atoms with Gasteiger partial charge >= 0.3 is 0 Å². The number of aliphatic hydroxyl groups is 1. The fourth-order valence-corrected chi connectivity index (χ4v) is 4.14. The summed E-state index contributed by atoms with van der Waals surface area (Å²) < 4.78 is 0. The quantitative estimate of drug-likeness (QED) is 0.919. The van der Waals surface area contributed by atoms with Crippen molar-refractivity contribution in [3.05, 3.63) is 34.2 Å². The summed E-state index contributed by atoms with van der Waals surface area (Å²) in [6.45, 7) is 3.50. The van der Waals surface area contributed by atoms with Gasteiger partial charge in [0.2, 0.25) is 5.95 Å². The monoisotopic (exact) mass is 316 g/mol. The number of hydrogen-bond donors (Lipinski definition) is 1. The largest absolute Gasteiger partial charge is 0.391 e. The van der Waals surface area contributed by atoms with Gasteiger partial charge in [0.1, 0.15) is 5.82 Å². The zero-order chi connectivity index (χ0) is 14.9. The van der Waals surface area contributed by atoms with Crippen molar-refractivity contribution in [3.63, 3.8) is 0 Å². The number of fused-ring (bicyclic) bond motifs is 1. The van der Waals surface area contributed by atoms with Crippen molar-refractivity contribution < 1.29 is 5.11 Å². The van der Waals surface area contributed by atoms with Crippen LogP contribution in [0.5, 0.6) is 0 Å². The van der Waals surface area contributed by atoms with Crippen LogP contribution in [0.3, 0.4) is 0 Å². The lowest BCUT2D eigenvalue weighted by Gasteiger charge is -2.32. The Hall–Kier alpha value is -1.66. The molecule has 1 fully saturated rings. The highest BCUT2D eigenvalue weighted by Gasteiger charge is 2.22. The van der Waals surface area contributed by atoms with E-state index in [-0.39, 0.29) is 6.10 Å². The van der Waals surface area contributed by atoms with E-state index in [4.69, 9.17) is 4.98 Å². The number of β-amino-alcohol motifs (C(OH)–C–C–N with tert-alkyl or cyclic N) is 1. The molecule has 6 heteroatoms. The Bertz CT molecular complexity index is 659. The van der Waals surface area contributed by atoms with Crippen LogP contribution < -0.4 is 9.80 Å². The van der Waals surface area contributed by atoms with E-state index in [0.717, 1.165) is 50.7 Å². The summed E-state index contributed by atoms with van der Waals surface area (Å²) >= 11 is 1.85. The van der Waals surface area contributed by atoms with E-state index in [1.165, 1.54) is 10.4 Å². The first-order valence-electron chi connectivity index (χ1n) is 7.86. The van der Waals surface area contributed by atoms with Crippen LogP contribution in [0.1, 0.15) is 23.3 Å². The van der Waals surface area contributed by atoms with Gasteiger partial charge < -0.3 is 14.9 Å². The summed E-state index contributed by atoms with van der Waals surface area (Å²) in [5, 5.41) is 12.0. The molecule has 0 aromatic carbocycles. The van der Waals surface area contributed by atoms with Crippen molar-refractivity contribution >= 4 is 23.1 Å². The lowest BCUT2D eigenvalue weighted by molar-refractivity contribution is 0.154. The summed E-state index contributed by atoms with van der Waals surface area (Å²) in [6, 6.07) is 4.15. The molecular formula is C16H20N4OS. The average Bonchev–Trinajstić information content (AvgIpc) is 3.02. The van der Waals surface area contributed by atoms with Crippen molar-refractivity contribution in [2.75, 3.05) is 29.4 Å². The lowest BCUT2D eigenvalue weighted by atomic mass is 10.1. The van der Waals surface area contributed by atoms with Crippen molar-refractivity contribution in [2.45, 2.75) is 31.9 Å². The maximum Gasteiger partial charge on any atom is 0.227 e. The summed E-state index contributed by atoms with van der Waals surface area (Å²) in [6.07, 6.45) is 4.57. The molecule has 1 atom stereocenters. The molecule has 0 saturated carbocycles. The van der Waals surface area contributed by atoms with E-state index in [2.05, 4.69) is 26.2 Å². The fraction of sp³-hybridized carbons (Fsp3) is 0.500. The highest BCUT2D eigenvalue weighted by molar-refractivity contribution is 7.10. The van der Waals surface area contributed by atoms with E-state index in [0.29, 0.717) is 6.54 Å². The number of nitrogens with zero attached hydrogens (tertiary/aromatic N) is 4. The topological polar surface area (TPSA) is 52.5 Å². The summed E-state index contributed by atoms with van der Waals surface area (Å²) in [5.41, 5.74) is 1.40. The van der Waals surface area contributed by atoms with Crippen LogP contribution in [0.25, 0.3) is 0 Å². The van der Waals surface area contributed by atoms with Gasteiger partial charge in [-0.25, -0.2) is 4.98 Å². The number of hydrogen-bond acceptors (Lipinski definition) is 6. The van der Waals surface area contributed by atoms with Crippen molar-refractivity contribution in [3.8, 4) is 0 Å². The Balaban J connectivity index is 1.55. The molecule has 1 unspecified atom stereocenters. The molecule has 2 aromatic heterocycles. The number of thiophene rings is 1. The molecule has 4 heterocycles. The number of anilines is 2. The van der Waals surface area contributed by atoms with Crippen molar-refractivity contribution in [1.29, 1.82) is 0 Å². The maximum absolute atomic E-state index is 9.85. The summed E-state index contributed by atoms with van der Waals surface area (Å²) in [7, 11) is 0.